The number of nitrogens with zero attached hydrogens (tertiary/aromatic N) is 1. The lowest BCUT2D eigenvalue weighted by molar-refractivity contribution is -0.119. The van der Waals surface area contributed by atoms with E-state index in [1.165, 1.54) is 19.2 Å². The first-order valence-corrected chi connectivity index (χ1v) is 18.5. The van der Waals surface area contributed by atoms with Gasteiger partial charge in [-0.05, 0) is 80.2 Å². The molecule has 2 bridgehead atoms. The van der Waals surface area contributed by atoms with Gasteiger partial charge in [0.15, 0.2) is 0 Å². The smallest absolute Gasteiger partial charge is 0.407 e. The molecule has 47 heavy (non-hydrogen) atoms. The van der Waals surface area contributed by atoms with Crippen molar-refractivity contribution in [2.45, 2.75) is 82.5 Å². The van der Waals surface area contributed by atoms with Crippen molar-refractivity contribution in [1.82, 2.24) is 14.9 Å². The molecule has 7 unspecified atom stereocenters. The summed E-state index contributed by atoms with van der Waals surface area (Å²) in [7, 11) is -2.17. The van der Waals surface area contributed by atoms with Gasteiger partial charge in [-0.3, -0.25) is 4.79 Å². The molecular weight excluding hydrogens is 647 g/mol. The second-order valence-corrected chi connectivity index (χ2v) is 15.7. The lowest BCUT2D eigenvalue weighted by Gasteiger charge is -2.39. The van der Waals surface area contributed by atoms with E-state index in [0.717, 1.165) is 12.0 Å². The number of ether oxygens (including phenoxy) is 2. The number of alkyl carbamates (subject to hydrolysis) is 1. The van der Waals surface area contributed by atoms with E-state index in [1.54, 1.807) is 22.5 Å². The van der Waals surface area contributed by atoms with E-state index < -0.39 is 39.8 Å². The van der Waals surface area contributed by atoms with Crippen LogP contribution in [0.15, 0.2) is 42.5 Å². The highest BCUT2D eigenvalue weighted by Gasteiger charge is 2.41. The SMILES string of the molecule is COC(=O)NC(C(=O)Nc1cccc(F)c1CCC1CNC2CCCS(=O)(=O)N1C2)C(c1ccc(Cl)cc1)C1CCOC(C(C)C)C1. The minimum Gasteiger partial charge on any atom is -0.453 e. The van der Waals surface area contributed by atoms with Crippen LogP contribution in [0.3, 0.4) is 0 Å². The van der Waals surface area contributed by atoms with E-state index in [0.29, 0.717) is 50.4 Å². The molecule has 2 aromatic rings. The molecule has 13 heteroatoms. The number of sulfonamides is 1. The molecule has 3 aliphatic rings. The predicted octanol–water partition coefficient (Wildman–Crippen LogP) is 5.08. The molecule has 3 fully saturated rings. The summed E-state index contributed by atoms with van der Waals surface area (Å²) < 4.78 is 54.0. The second kappa shape index (κ2) is 15.6. The zero-order valence-corrected chi connectivity index (χ0v) is 28.8. The van der Waals surface area contributed by atoms with Gasteiger partial charge < -0.3 is 25.4 Å². The third-order valence-electron chi connectivity index (χ3n) is 9.83. The van der Waals surface area contributed by atoms with Crippen molar-refractivity contribution in [3.63, 3.8) is 0 Å². The Bertz CT molecular complexity index is 1510. The van der Waals surface area contributed by atoms with Crippen LogP contribution in [0, 0.1) is 17.7 Å². The molecule has 0 spiro atoms. The first kappa shape index (κ1) is 35.5. The average molecular weight is 693 g/mol. The van der Waals surface area contributed by atoms with E-state index in [1.807, 2.05) is 12.1 Å². The van der Waals surface area contributed by atoms with Crippen molar-refractivity contribution < 1.29 is 31.9 Å². The third-order valence-corrected chi connectivity index (χ3v) is 12.0. The fraction of sp³-hybridized carbons (Fsp3) is 0.588. The number of methoxy groups -OCH3 is 1. The topological polar surface area (TPSA) is 126 Å². The average Bonchev–Trinajstić information content (AvgIpc) is 3.16. The van der Waals surface area contributed by atoms with Gasteiger partial charge in [0.1, 0.15) is 11.9 Å². The van der Waals surface area contributed by atoms with Gasteiger partial charge in [0.2, 0.25) is 15.9 Å². The molecule has 258 valence electrons. The zero-order valence-electron chi connectivity index (χ0n) is 27.2. The molecule has 0 saturated carbocycles. The molecule has 2 aromatic carbocycles. The maximum Gasteiger partial charge on any atom is 0.407 e. The van der Waals surface area contributed by atoms with E-state index in [9.17, 15) is 18.0 Å². The minimum atomic E-state index is -3.41. The Morgan fingerprint density at radius 2 is 1.94 bits per heavy atom. The Morgan fingerprint density at radius 1 is 1.17 bits per heavy atom. The normalized spacial score (nSPS) is 26.9. The summed E-state index contributed by atoms with van der Waals surface area (Å²) in [5, 5.41) is 9.69. The first-order valence-electron chi connectivity index (χ1n) is 16.5. The number of carbonyl (C=O) groups excluding carboxylic acids is 2. The molecule has 0 aromatic heterocycles. The number of carbonyl (C=O) groups is 2. The van der Waals surface area contributed by atoms with Gasteiger partial charge >= 0.3 is 6.09 Å². The maximum atomic E-state index is 15.4. The van der Waals surface area contributed by atoms with Crippen LogP contribution in [0.4, 0.5) is 14.9 Å². The second-order valence-electron chi connectivity index (χ2n) is 13.2. The van der Waals surface area contributed by atoms with E-state index in [-0.39, 0.29) is 53.4 Å². The number of rotatable bonds is 10. The van der Waals surface area contributed by atoms with Gasteiger partial charge in [0.05, 0.1) is 19.0 Å². The highest BCUT2D eigenvalue weighted by Crippen LogP contribution is 2.39. The fourth-order valence-corrected chi connectivity index (χ4v) is 9.20. The molecule has 5 rings (SSSR count). The van der Waals surface area contributed by atoms with Crippen molar-refractivity contribution in [1.29, 1.82) is 0 Å². The van der Waals surface area contributed by atoms with Crippen molar-refractivity contribution >= 4 is 39.3 Å². The number of fused-ring (bicyclic) bond motifs is 2. The minimum absolute atomic E-state index is 0.0159. The molecule has 2 amide bonds. The lowest BCUT2D eigenvalue weighted by atomic mass is 9.74. The summed E-state index contributed by atoms with van der Waals surface area (Å²) in [6.45, 7) is 5.59. The van der Waals surface area contributed by atoms with E-state index in [2.05, 4.69) is 29.8 Å². The van der Waals surface area contributed by atoms with Crippen LogP contribution in [-0.4, -0.2) is 81.5 Å². The molecule has 3 aliphatic heterocycles. The highest BCUT2D eigenvalue weighted by atomic mass is 35.5. The Balaban J connectivity index is 1.42. The van der Waals surface area contributed by atoms with Gasteiger partial charge in [0, 0.05) is 54.0 Å². The van der Waals surface area contributed by atoms with Gasteiger partial charge in [-0.2, -0.15) is 4.31 Å². The van der Waals surface area contributed by atoms with E-state index in [4.69, 9.17) is 21.1 Å². The summed E-state index contributed by atoms with van der Waals surface area (Å²) in [5.74, 6) is -1.16. The highest BCUT2D eigenvalue weighted by molar-refractivity contribution is 7.89. The van der Waals surface area contributed by atoms with Crippen LogP contribution < -0.4 is 16.0 Å². The monoisotopic (exact) mass is 692 g/mol. The van der Waals surface area contributed by atoms with Gasteiger partial charge in [0.25, 0.3) is 0 Å². The molecule has 0 aliphatic carbocycles. The van der Waals surface area contributed by atoms with E-state index >= 15 is 4.39 Å². The first-order chi connectivity index (χ1) is 22.5. The third kappa shape index (κ3) is 8.64. The number of hydrogen-bond donors (Lipinski definition) is 3. The summed E-state index contributed by atoms with van der Waals surface area (Å²) in [6, 6.07) is 10.4. The van der Waals surface area contributed by atoms with Crippen molar-refractivity contribution in [3.05, 3.63) is 64.4 Å². The molecule has 10 nitrogen and oxygen atoms in total. The number of amides is 2. The summed E-state index contributed by atoms with van der Waals surface area (Å²) in [6.07, 6.45) is 2.56. The molecule has 7 atom stereocenters. The van der Waals surface area contributed by atoms with Crippen LogP contribution >= 0.6 is 11.6 Å². The Morgan fingerprint density at radius 3 is 2.66 bits per heavy atom. The van der Waals surface area contributed by atoms with Gasteiger partial charge in [-0.15, -0.1) is 0 Å². The summed E-state index contributed by atoms with van der Waals surface area (Å²) in [4.78, 5) is 27.0. The Kier molecular flexibility index (Phi) is 11.8. The largest absolute Gasteiger partial charge is 0.453 e. The number of hydrogen-bond acceptors (Lipinski definition) is 7. The van der Waals surface area contributed by atoms with Crippen LogP contribution in [0.25, 0.3) is 0 Å². The lowest BCUT2D eigenvalue weighted by Crippen LogP contribution is -2.57. The molecule has 0 radical (unpaired) electrons. The number of halogens is 2. The number of piperazine rings is 1. The number of anilines is 1. The molecular formula is C34H46ClFN4O6S. The molecule has 3 N–H and O–H groups in total. The van der Waals surface area contributed by atoms with Crippen LogP contribution in [0.5, 0.6) is 0 Å². The zero-order chi connectivity index (χ0) is 33.7. The van der Waals surface area contributed by atoms with Gasteiger partial charge in [-0.25, -0.2) is 17.6 Å². The van der Waals surface area contributed by atoms with Crippen molar-refractivity contribution in [2.75, 3.05) is 37.9 Å². The summed E-state index contributed by atoms with van der Waals surface area (Å²) in [5.41, 5.74) is 1.37. The molecule has 3 saturated heterocycles. The standard InChI is InChI=1S/C34H46ClFN4O6S/c1-21(2)30-18-23(15-16-46-30)31(22-9-11-24(35)12-10-22)32(39-34(42)45-3)33(41)38-29-8-4-7-28(36)27(29)14-13-26-19-37-25-6-5-17-47(43,44)40(26)20-25/h4,7-12,21,23,25-26,30-32,37H,5-6,13-20H2,1-3H3,(H,38,41)(H,39,42). The Labute approximate surface area is 282 Å². The molecule has 3 heterocycles. The summed E-state index contributed by atoms with van der Waals surface area (Å²) >= 11 is 6.23. The van der Waals surface area contributed by atoms with Gasteiger partial charge in [-0.1, -0.05) is 43.6 Å². The van der Waals surface area contributed by atoms with Crippen LogP contribution in [-0.2, 0) is 30.7 Å². The number of nitrogens with one attached hydrogen (secondary N) is 3. The fourth-order valence-electron chi connectivity index (χ4n) is 7.27. The quantitative estimate of drug-likeness (QED) is 0.317. The van der Waals surface area contributed by atoms with Crippen LogP contribution in [0.2, 0.25) is 5.02 Å². The predicted molar refractivity (Wildman–Crippen MR) is 179 cm³/mol. The number of benzene rings is 2. The Hall–Kier alpha value is -2.77. The van der Waals surface area contributed by atoms with Crippen molar-refractivity contribution in [3.8, 4) is 0 Å². The van der Waals surface area contributed by atoms with Crippen molar-refractivity contribution in [2.24, 2.45) is 11.8 Å². The maximum absolute atomic E-state index is 15.4. The van der Waals surface area contributed by atoms with Crippen LogP contribution in [0.1, 0.15) is 63.0 Å².